The second kappa shape index (κ2) is 7.15. The van der Waals surface area contributed by atoms with Crippen LogP contribution in [0.1, 0.15) is 60.3 Å². The molecule has 2 fully saturated rings. The zero-order chi connectivity index (χ0) is 18.1. The molecule has 7 nitrogen and oxygen atoms in total. The van der Waals surface area contributed by atoms with Gasteiger partial charge in [-0.1, -0.05) is 5.16 Å². The number of likely N-dealkylation sites (tertiary alicyclic amines) is 1. The zero-order valence-corrected chi connectivity index (χ0v) is 16.3. The summed E-state index contributed by atoms with van der Waals surface area (Å²) >= 11 is 3.24. The van der Waals surface area contributed by atoms with Crippen LogP contribution in [0.4, 0.5) is 0 Å². The topological polar surface area (TPSA) is 81.6 Å². The van der Waals surface area contributed by atoms with Crippen molar-refractivity contribution >= 4 is 21.8 Å². The lowest BCUT2D eigenvalue weighted by atomic mass is 9.75. The molecule has 0 aromatic carbocycles. The van der Waals surface area contributed by atoms with Gasteiger partial charge in [0, 0.05) is 38.1 Å². The van der Waals surface area contributed by atoms with Gasteiger partial charge in [-0.15, -0.1) is 0 Å². The van der Waals surface area contributed by atoms with Gasteiger partial charge in [-0.2, -0.15) is 4.98 Å². The lowest BCUT2D eigenvalue weighted by molar-refractivity contribution is 0.0585. The third-order valence-electron chi connectivity index (χ3n) is 5.42. The zero-order valence-electron chi connectivity index (χ0n) is 14.7. The van der Waals surface area contributed by atoms with Crippen LogP contribution in [0.2, 0.25) is 0 Å². The van der Waals surface area contributed by atoms with Crippen LogP contribution in [0, 0.1) is 0 Å². The number of halogens is 1. The number of piperidine rings is 1. The van der Waals surface area contributed by atoms with Gasteiger partial charge >= 0.3 is 0 Å². The van der Waals surface area contributed by atoms with Crippen molar-refractivity contribution in [1.29, 1.82) is 0 Å². The smallest absolute Gasteiger partial charge is 0.289 e. The van der Waals surface area contributed by atoms with Crippen LogP contribution in [0.3, 0.4) is 0 Å². The van der Waals surface area contributed by atoms with Crippen molar-refractivity contribution in [2.75, 3.05) is 26.8 Å². The van der Waals surface area contributed by atoms with E-state index in [4.69, 9.17) is 18.7 Å². The summed E-state index contributed by atoms with van der Waals surface area (Å²) in [6.07, 6.45) is 4.66. The highest BCUT2D eigenvalue weighted by Gasteiger charge is 2.42. The van der Waals surface area contributed by atoms with E-state index in [0.717, 1.165) is 43.8 Å². The van der Waals surface area contributed by atoms with E-state index in [1.165, 1.54) is 0 Å². The Morgan fingerprint density at radius 1 is 1.38 bits per heavy atom. The van der Waals surface area contributed by atoms with E-state index in [9.17, 15) is 4.79 Å². The first-order valence-electron chi connectivity index (χ1n) is 8.99. The van der Waals surface area contributed by atoms with Gasteiger partial charge in [-0.25, -0.2) is 0 Å². The largest absolute Gasteiger partial charge is 0.444 e. The molecule has 8 heteroatoms. The normalized spacial score (nSPS) is 19.7. The minimum atomic E-state index is -0.201. The highest BCUT2D eigenvalue weighted by molar-refractivity contribution is 9.10. The fraction of sp³-hybridized carbons (Fsp3) is 0.611. The minimum Gasteiger partial charge on any atom is -0.444 e. The van der Waals surface area contributed by atoms with Crippen LogP contribution in [-0.2, 0) is 10.2 Å². The van der Waals surface area contributed by atoms with Crippen LogP contribution in [-0.4, -0.2) is 47.8 Å². The first-order chi connectivity index (χ1) is 12.6. The molecule has 4 rings (SSSR count). The third kappa shape index (κ3) is 3.44. The van der Waals surface area contributed by atoms with Gasteiger partial charge in [0.2, 0.25) is 5.89 Å². The molecule has 1 aliphatic carbocycles. The van der Waals surface area contributed by atoms with Gasteiger partial charge in [-0.3, -0.25) is 4.79 Å². The van der Waals surface area contributed by atoms with Crippen LogP contribution in [0.25, 0.3) is 0 Å². The lowest BCUT2D eigenvalue weighted by Gasteiger charge is -2.39. The van der Waals surface area contributed by atoms with Gasteiger partial charge in [0.05, 0.1) is 0 Å². The molecular formula is C18H22BrN3O4. The molecule has 2 aliphatic rings. The van der Waals surface area contributed by atoms with Crippen molar-refractivity contribution in [3.05, 3.63) is 34.3 Å². The number of methoxy groups -OCH3 is 1. The first kappa shape index (κ1) is 17.7. The molecule has 0 N–H and O–H groups in total. The predicted molar refractivity (Wildman–Crippen MR) is 96.0 cm³/mol. The van der Waals surface area contributed by atoms with Gasteiger partial charge in [0.15, 0.2) is 16.3 Å². The Balaban J connectivity index is 1.49. The second-order valence-corrected chi connectivity index (χ2v) is 7.93. The number of nitrogens with zero attached hydrogens (tertiary/aromatic N) is 3. The SMILES string of the molecule is COCCC1(c2noc(C3CC3)n2)CCN(C(=O)c2ccc(Br)o2)CC1. The molecule has 2 aromatic rings. The Morgan fingerprint density at radius 3 is 2.77 bits per heavy atom. The van der Waals surface area contributed by atoms with E-state index >= 15 is 0 Å². The summed E-state index contributed by atoms with van der Waals surface area (Å²) in [5.41, 5.74) is -0.201. The number of rotatable bonds is 6. The van der Waals surface area contributed by atoms with E-state index in [2.05, 4.69) is 21.1 Å². The number of amides is 1. The Morgan fingerprint density at radius 2 is 2.15 bits per heavy atom. The fourth-order valence-electron chi connectivity index (χ4n) is 3.55. The second-order valence-electron chi connectivity index (χ2n) is 7.15. The summed E-state index contributed by atoms with van der Waals surface area (Å²) in [4.78, 5) is 19.1. The summed E-state index contributed by atoms with van der Waals surface area (Å²) in [5.74, 6) is 2.24. The van der Waals surface area contributed by atoms with Gasteiger partial charge in [-0.05, 0) is 60.2 Å². The van der Waals surface area contributed by atoms with Crippen molar-refractivity contribution in [2.45, 2.75) is 43.4 Å². The molecule has 140 valence electrons. The fourth-order valence-corrected chi connectivity index (χ4v) is 3.86. The van der Waals surface area contributed by atoms with Crippen LogP contribution in [0.15, 0.2) is 25.7 Å². The summed E-state index contributed by atoms with van der Waals surface area (Å²) < 4.78 is 16.8. The van der Waals surface area contributed by atoms with Crippen LogP contribution in [0.5, 0.6) is 0 Å². The molecule has 0 unspecified atom stereocenters. The predicted octanol–water partition coefficient (Wildman–Crippen LogP) is 3.51. The number of hydrogen-bond donors (Lipinski definition) is 0. The van der Waals surface area contributed by atoms with E-state index in [1.54, 1.807) is 19.2 Å². The van der Waals surface area contributed by atoms with Crippen LogP contribution >= 0.6 is 15.9 Å². The molecule has 1 saturated heterocycles. The monoisotopic (exact) mass is 423 g/mol. The molecule has 0 spiro atoms. The summed E-state index contributed by atoms with van der Waals surface area (Å²) in [7, 11) is 1.70. The molecule has 0 bridgehead atoms. The maximum atomic E-state index is 12.6. The molecule has 0 radical (unpaired) electrons. The van der Waals surface area contributed by atoms with E-state index in [1.807, 2.05) is 4.90 Å². The van der Waals surface area contributed by atoms with Crippen molar-refractivity contribution in [2.24, 2.45) is 0 Å². The highest BCUT2D eigenvalue weighted by atomic mass is 79.9. The third-order valence-corrected chi connectivity index (χ3v) is 5.85. The molecule has 3 heterocycles. The van der Waals surface area contributed by atoms with Gasteiger partial charge in [0.1, 0.15) is 0 Å². The summed E-state index contributed by atoms with van der Waals surface area (Å²) in [6, 6.07) is 3.43. The number of aromatic nitrogens is 2. The molecular weight excluding hydrogens is 402 g/mol. The maximum absolute atomic E-state index is 12.6. The quantitative estimate of drug-likeness (QED) is 0.706. The number of ether oxygens (including phenoxy) is 1. The van der Waals surface area contributed by atoms with Crippen LogP contribution < -0.4 is 0 Å². The molecule has 1 amide bonds. The minimum absolute atomic E-state index is 0.0807. The lowest BCUT2D eigenvalue weighted by Crippen LogP contribution is -2.46. The number of carbonyl (C=O) groups excluding carboxylic acids is 1. The van der Waals surface area contributed by atoms with Gasteiger partial charge in [0.25, 0.3) is 5.91 Å². The van der Waals surface area contributed by atoms with Crippen molar-refractivity contribution in [3.63, 3.8) is 0 Å². The number of furan rings is 1. The van der Waals surface area contributed by atoms with E-state index in [-0.39, 0.29) is 11.3 Å². The maximum Gasteiger partial charge on any atom is 0.289 e. The summed E-state index contributed by atoms with van der Waals surface area (Å²) in [6.45, 7) is 1.90. The standard InChI is InChI=1S/C18H22BrN3O4/c1-24-11-8-18(17-20-15(26-21-17)12-2-3-12)6-9-22(10-7-18)16(23)13-4-5-14(19)25-13/h4-5,12H,2-3,6-11H2,1H3. The Kier molecular flexibility index (Phi) is 4.88. The molecule has 1 aliphatic heterocycles. The molecule has 2 aromatic heterocycles. The number of carbonyl (C=O) groups is 1. The Hall–Kier alpha value is -1.67. The van der Waals surface area contributed by atoms with Crippen molar-refractivity contribution < 1.29 is 18.5 Å². The average Bonchev–Trinajstić information content (AvgIpc) is 3.22. The van der Waals surface area contributed by atoms with E-state index < -0.39 is 0 Å². The Bertz CT molecular complexity index is 775. The highest BCUT2D eigenvalue weighted by Crippen LogP contribution is 2.42. The van der Waals surface area contributed by atoms with Crippen molar-refractivity contribution in [3.8, 4) is 0 Å². The molecule has 0 atom stereocenters. The van der Waals surface area contributed by atoms with Crippen molar-refractivity contribution in [1.82, 2.24) is 15.0 Å². The van der Waals surface area contributed by atoms with Gasteiger partial charge < -0.3 is 18.6 Å². The Labute approximate surface area is 160 Å². The van der Waals surface area contributed by atoms with E-state index in [0.29, 0.717) is 36.0 Å². The first-order valence-corrected chi connectivity index (χ1v) is 9.78. The summed E-state index contributed by atoms with van der Waals surface area (Å²) in [5, 5.41) is 4.29. The average molecular weight is 424 g/mol. The number of hydrogen-bond acceptors (Lipinski definition) is 6. The molecule has 1 saturated carbocycles. The molecule has 26 heavy (non-hydrogen) atoms.